The molecule has 0 saturated heterocycles. The third kappa shape index (κ3) is 4.05. The highest BCUT2D eigenvalue weighted by molar-refractivity contribution is 9.41. The Bertz CT molecular complexity index is 333. The van der Waals surface area contributed by atoms with Crippen molar-refractivity contribution >= 4 is 79.6 Å². The lowest BCUT2D eigenvalue weighted by molar-refractivity contribution is 0.169. The van der Waals surface area contributed by atoms with Gasteiger partial charge in [-0.05, 0) is 5.56 Å². The van der Waals surface area contributed by atoms with Gasteiger partial charge < -0.3 is 5.11 Å². The molecule has 90 valence electrons. The highest BCUT2D eigenvalue weighted by Gasteiger charge is 2.48. The van der Waals surface area contributed by atoms with Crippen molar-refractivity contribution < 1.29 is 5.11 Å². The molecule has 0 aliphatic carbocycles. The molecule has 1 aromatic rings. The number of benzene rings is 1. The maximum absolute atomic E-state index is 10.2. The molecule has 1 nitrogen and oxygen atoms in total. The Hall–Kier alpha value is 1.58. The van der Waals surface area contributed by atoms with Crippen LogP contribution in [0.2, 0.25) is 0 Å². The van der Waals surface area contributed by atoms with Crippen LogP contribution in [-0.4, -0.2) is 16.6 Å². The number of hydrogen-bond donors (Lipinski definition) is 1. The van der Waals surface area contributed by atoms with Gasteiger partial charge in [-0.25, -0.2) is 0 Å². The van der Waals surface area contributed by atoms with Gasteiger partial charge in [-0.2, -0.15) is 0 Å². The van der Waals surface area contributed by atoms with Gasteiger partial charge in [0.05, 0.1) is 6.10 Å². The molecule has 0 aliphatic rings. The van der Waals surface area contributed by atoms with Crippen LogP contribution in [0, 0.1) is 0 Å². The van der Waals surface area contributed by atoms with Gasteiger partial charge in [0.2, 0.25) is 0 Å². The molecule has 1 unspecified atom stereocenters. The van der Waals surface area contributed by atoms with Gasteiger partial charge in [0, 0.05) is 6.42 Å². The van der Waals surface area contributed by atoms with E-state index in [1.54, 1.807) is 0 Å². The first kappa shape index (κ1) is 15.6. The average molecular weight is 545 g/mol. The maximum Gasteiger partial charge on any atom is 0.162 e. The molecule has 6 heteroatoms. The Morgan fingerprint density at radius 2 is 1.50 bits per heavy atom. The molecule has 0 bridgehead atoms. The minimum Gasteiger partial charge on any atom is -0.390 e. The van der Waals surface area contributed by atoms with Crippen molar-refractivity contribution in [1.82, 2.24) is 0 Å². The lowest BCUT2D eigenvalue weighted by Gasteiger charge is -2.34. The molecule has 1 atom stereocenters. The van der Waals surface area contributed by atoms with Gasteiger partial charge in [0.1, 0.15) is 3.23 Å². The van der Waals surface area contributed by atoms with Gasteiger partial charge in [0.15, 0.2) is 2.14 Å². The van der Waals surface area contributed by atoms with E-state index < -0.39 is 11.5 Å². The van der Waals surface area contributed by atoms with Crippen molar-refractivity contribution in [1.29, 1.82) is 0 Å². The third-order valence-electron chi connectivity index (χ3n) is 2.07. The molecule has 1 N–H and O–H groups in total. The first-order chi connectivity index (χ1) is 7.25. The summed E-state index contributed by atoms with van der Waals surface area (Å²) in [6, 6.07) is 9.83. The molecular weight excluding hydrogens is 536 g/mol. The zero-order chi connectivity index (χ0) is 12.4. The van der Waals surface area contributed by atoms with Gasteiger partial charge in [-0.15, -0.1) is 0 Å². The van der Waals surface area contributed by atoms with Crippen LogP contribution < -0.4 is 0 Å². The Labute approximate surface area is 137 Å². The standard InChI is InChI=1S/C10H9Br5O/c11-9(12,10(13,14)15)8(16)6-7-4-2-1-3-5-7/h1-5,8,16H,6H2. The molecule has 1 rings (SSSR count). The number of rotatable bonds is 3. The van der Waals surface area contributed by atoms with Crippen LogP contribution in [0.1, 0.15) is 5.56 Å². The smallest absolute Gasteiger partial charge is 0.162 e. The molecule has 0 amide bonds. The number of hydrogen-bond acceptors (Lipinski definition) is 1. The summed E-state index contributed by atoms with van der Waals surface area (Å²) in [7, 11) is 0. The first-order valence-electron chi connectivity index (χ1n) is 4.41. The molecule has 0 radical (unpaired) electrons. The summed E-state index contributed by atoms with van der Waals surface area (Å²) in [4.78, 5) is 0. The van der Waals surface area contributed by atoms with Crippen LogP contribution in [0.5, 0.6) is 0 Å². The van der Waals surface area contributed by atoms with E-state index in [9.17, 15) is 5.11 Å². The molecule has 0 aromatic heterocycles. The summed E-state index contributed by atoms with van der Waals surface area (Å²) in [5.41, 5.74) is 1.08. The summed E-state index contributed by atoms with van der Waals surface area (Å²) in [6.07, 6.45) is -0.0740. The Morgan fingerprint density at radius 1 is 1.00 bits per heavy atom. The largest absolute Gasteiger partial charge is 0.390 e. The van der Waals surface area contributed by atoms with Crippen molar-refractivity contribution in [2.45, 2.75) is 17.9 Å². The van der Waals surface area contributed by atoms with Crippen molar-refractivity contribution in [3.63, 3.8) is 0 Å². The second-order valence-electron chi connectivity index (χ2n) is 3.33. The molecule has 0 spiro atoms. The fourth-order valence-electron chi connectivity index (χ4n) is 1.15. The molecule has 0 saturated carbocycles. The van der Waals surface area contributed by atoms with E-state index in [0.717, 1.165) is 5.56 Å². The van der Waals surface area contributed by atoms with Gasteiger partial charge in [-0.3, -0.25) is 0 Å². The zero-order valence-electron chi connectivity index (χ0n) is 8.01. The Kier molecular flexibility index (Phi) is 6.01. The summed E-state index contributed by atoms with van der Waals surface area (Å²) >= 11 is 17.1. The summed E-state index contributed by atoms with van der Waals surface area (Å²) in [5, 5.41) is 10.2. The van der Waals surface area contributed by atoms with Gasteiger partial charge in [0.25, 0.3) is 0 Å². The monoisotopic (exact) mass is 540 g/mol. The first-order valence-corrected chi connectivity index (χ1v) is 8.38. The van der Waals surface area contributed by atoms with E-state index >= 15 is 0 Å². The summed E-state index contributed by atoms with van der Waals surface area (Å²) in [5.74, 6) is 0. The van der Waals surface area contributed by atoms with Crippen LogP contribution in [0.4, 0.5) is 0 Å². The van der Waals surface area contributed by atoms with Crippen molar-refractivity contribution in [2.75, 3.05) is 0 Å². The molecular formula is C10H9Br5O. The SMILES string of the molecule is OC(Cc1ccccc1)C(Br)(Br)C(Br)(Br)Br. The van der Waals surface area contributed by atoms with E-state index in [2.05, 4.69) is 79.6 Å². The molecule has 0 fully saturated rings. The lowest BCUT2D eigenvalue weighted by atomic mass is 10.1. The summed E-state index contributed by atoms with van der Waals surface area (Å²) < 4.78 is -1.35. The van der Waals surface area contributed by atoms with E-state index in [0.29, 0.717) is 6.42 Å². The minimum absolute atomic E-state index is 0.544. The second kappa shape index (κ2) is 6.15. The molecule has 0 aliphatic heterocycles. The van der Waals surface area contributed by atoms with Crippen molar-refractivity contribution in [3.05, 3.63) is 35.9 Å². The highest BCUT2D eigenvalue weighted by Crippen LogP contribution is 2.54. The fraction of sp³-hybridized carbons (Fsp3) is 0.400. The van der Waals surface area contributed by atoms with Crippen LogP contribution in [0.3, 0.4) is 0 Å². The predicted molar refractivity (Wildman–Crippen MR) is 86.2 cm³/mol. The van der Waals surface area contributed by atoms with Crippen LogP contribution in [0.25, 0.3) is 0 Å². The lowest BCUT2D eigenvalue weighted by Crippen LogP contribution is -2.42. The Balaban J connectivity index is 2.76. The molecule has 0 heterocycles. The number of alkyl halides is 5. The van der Waals surface area contributed by atoms with Crippen LogP contribution in [-0.2, 0) is 6.42 Å². The fourth-order valence-corrected chi connectivity index (χ4v) is 2.27. The zero-order valence-corrected chi connectivity index (χ0v) is 15.9. The van der Waals surface area contributed by atoms with Crippen molar-refractivity contribution in [2.24, 2.45) is 0 Å². The van der Waals surface area contributed by atoms with E-state index in [1.165, 1.54) is 0 Å². The quantitative estimate of drug-likeness (QED) is 0.536. The van der Waals surface area contributed by atoms with Crippen LogP contribution >= 0.6 is 79.6 Å². The third-order valence-corrected chi connectivity index (χ3v) is 9.38. The van der Waals surface area contributed by atoms with Gasteiger partial charge in [-0.1, -0.05) is 110 Å². The van der Waals surface area contributed by atoms with Crippen LogP contribution in [0.15, 0.2) is 30.3 Å². The normalized spacial score (nSPS) is 14.9. The topological polar surface area (TPSA) is 20.2 Å². The van der Waals surface area contributed by atoms with E-state index in [-0.39, 0.29) is 0 Å². The molecule has 16 heavy (non-hydrogen) atoms. The van der Waals surface area contributed by atoms with Gasteiger partial charge >= 0.3 is 0 Å². The highest BCUT2D eigenvalue weighted by atomic mass is 80.0. The number of aliphatic hydroxyl groups is 1. The number of aliphatic hydroxyl groups excluding tert-OH is 1. The van der Waals surface area contributed by atoms with E-state index in [4.69, 9.17) is 0 Å². The number of halogens is 5. The maximum atomic E-state index is 10.2. The Morgan fingerprint density at radius 3 is 1.94 bits per heavy atom. The molecule has 1 aromatic carbocycles. The predicted octanol–water partition coefficient (Wildman–Crippen LogP) is 4.91. The minimum atomic E-state index is -0.719. The van der Waals surface area contributed by atoms with E-state index in [1.807, 2.05) is 30.3 Å². The van der Waals surface area contributed by atoms with Crippen molar-refractivity contribution in [3.8, 4) is 0 Å². The second-order valence-corrected chi connectivity index (χ2v) is 13.7. The average Bonchev–Trinajstić information content (AvgIpc) is 2.17. The summed E-state index contributed by atoms with van der Waals surface area (Å²) in [6.45, 7) is 0.